The van der Waals surface area contributed by atoms with E-state index in [2.05, 4.69) is 20.8 Å². The van der Waals surface area contributed by atoms with E-state index < -0.39 is 12.0 Å². The Labute approximate surface area is 229 Å². The molecule has 1 heterocycles. The number of carbonyl (C=O) groups is 3. The Morgan fingerprint density at radius 1 is 1.03 bits per heavy atom. The van der Waals surface area contributed by atoms with Gasteiger partial charge in [-0.25, -0.2) is 4.79 Å². The third-order valence-electron chi connectivity index (χ3n) is 5.04. The Kier molecular flexibility index (Phi) is 9.96. The number of hydrogen-bond donors (Lipinski definition) is 2. The lowest BCUT2D eigenvalue weighted by Gasteiger charge is -2.15. The average Bonchev–Trinajstić information content (AvgIpc) is 3.27. The van der Waals surface area contributed by atoms with Crippen molar-refractivity contribution in [1.82, 2.24) is 20.1 Å². The summed E-state index contributed by atoms with van der Waals surface area (Å²) in [4.78, 5) is 37.3. The summed E-state index contributed by atoms with van der Waals surface area (Å²) in [6.45, 7) is 7.80. The van der Waals surface area contributed by atoms with E-state index in [1.54, 1.807) is 57.2 Å². The number of nitrogens with one attached hydrogen (secondary N) is 2. The van der Waals surface area contributed by atoms with Gasteiger partial charge in [-0.2, -0.15) is 0 Å². The lowest BCUT2D eigenvalue weighted by atomic mass is 10.2. The first-order valence-corrected chi connectivity index (χ1v) is 13.3. The Hall–Kier alpha value is -3.08. The largest absolute Gasteiger partial charge is 0.459 e. The molecule has 0 spiro atoms. The Balaban J connectivity index is 1.61. The maximum Gasteiger partial charge on any atom is 0.338 e. The van der Waals surface area contributed by atoms with Gasteiger partial charge in [-0.15, -0.1) is 10.2 Å². The molecule has 2 N–H and O–H groups in total. The molecule has 0 bridgehead atoms. The minimum atomic E-state index is -0.454. The van der Waals surface area contributed by atoms with E-state index in [-0.39, 0.29) is 28.7 Å². The molecule has 12 heteroatoms. The highest BCUT2D eigenvalue weighted by Gasteiger charge is 2.21. The number of amides is 2. The predicted molar refractivity (Wildman–Crippen MR) is 144 cm³/mol. The maximum absolute atomic E-state index is 12.6. The highest BCUT2D eigenvalue weighted by molar-refractivity contribution is 7.99. The normalized spacial score (nSPS) is 11.8. The van der Waals surface area contributed by atoms with Gasteiger partial charge in [0.25, 0.3) is 5.91 Å². The highest BCUT2D eigenvalue weighted by atomic mass is 35.5. The van der Waals surface area contributed by atoms with Crippen LogP contribution in [-0.4, -0.2) is 44.4 Å². The molecule has 0 fully saturated rings. The number of halogens is 2. The molecular weight excluding hydrogens is 537 g/mol. The van der Waals surface area contributed by atoms with Gasteiger partial charge < -0.3 is 19.9 Å². The van der Waals surface area contributed by atoms with E-state index in [9.17, 15) is 14.4 Å². The maximum atomic E-state index is 12.6. The van der Waals surface area contributed by atoms with E-state index in [1.165, 1.54) is 17.8 Å². The zero-order valence-electron chi connectivity index (χ0n) is 20.7. The minimum absolute atomic E-state index is 0.0722. The van der Waals surface area contributed by atoms with Gasteiger partial charge in [0.15, 0.2) is 11.0 Å². The van der Waals surface area contributed by atoms with Crippen molar-refractivity contribution in [1.29, 1.82) is 0 Å². The molecule has 0 aliphatic rings. The van der Waals surface area contributed by atoms with Crippen LogP contribution >= 0.6 is 35.0 Å². The van der Waals surface area contributed by atoms with Crippen molar-refractivity contribution in [2.75, 3.05) is 11.1 Å². The summed E-state index contributed by atoms with van der Waals surface area (Å²) >= 11 is 13.2. The summed E-state index contributed by atoms with van der Waals surface area (Å²) < 4.78 is 7.03. The number of hydrogen-bond acceptors (Lipinski definition) is 7. The van der Waals surface area contributed by atoms with Crippen LogP contribution in [0.25, 0.3) is 0 Å². The summed E-state index contributed by atoms with van der Waals surface area (Å²) in [6.07, 6.45) is -0.241. The van der Waals surface area contributed by atoms with Crippen molar-refractivity contribution in [3.8, 4) is 0 Å². The van der Waals surface area contributed by atoms with Gasteiger partial charge in [0, 0.05) is 17.8 Å². The van der Waals surface area contributed by atoms with Crippen LogP contribution in [0.3, 0.4) is 0 Å². The summed E-state index contributed by atoms with van der Waals surface area (Å²) in [5.74, 6) is -0.431. The lowest BCUT2D eigenvalue weighted by Crippen LogP contribution is -2.28. The van der Waals surface area contributed by atoms with Gasteiger partial charge in [-0.05, 0) is 64.1 Å². The number of thioether (sulfide) groups is 1. The standard InChI is InChI=1S/C25H27Cl2N5O4S/c1-5-32-22(15(4)28-23(34)16-9-10-19(26)20(27)12-16)30-31-25(32)37-13-21(33)29-18-8-6-7-17(11-18)24(35)36-14(2)3/h6-12,14-15H,5,13H2,1-4H3,(H,28,34)(H,29,33)/t15-/m1/s1. The fraction of sp³-hybridized carbons (Fsp3) is 0.320. The molecule has 196 valence electrons. The first kappa shape index (κ1) is 28.5. The van der Waals surface area contributed by atoms with Crippen LogP contribution in [0.1, 0.15) is 60.3 Å². The van der Waals surface area contributed by atoms with Crippen molar-refractivity contribution in [2.45, 2.75) is 51.5 Å². The third kappa shape index (κ3) is 7.70. The van der Waals surface area contributed by atoms with Gasteiger partial charge in [-0.1, -0.05) is 41.0 Å². The average molecular weight is 564 g/mol. The SMILES string of the molecule is CCn1c(SCC(=O)Nc2cccc(C(=O)OC(C)C)c2)nnc1[C@@H](C)NC(=O)c1ccc(Cl)c(Cl)c1. The molecule has 0 unspecified atom stereocenters. The summed E-state index contributed by atoms with van der Waals surface area (Å²) in [7, 11) is 0. The topological polar surface area (TPSA) is 115 Å². The van der Waals surface area contributed by atoms with Crippen LogP contribution in [0.5, 0.6) is 0 Å². The van der Waals surface area contributed by atoms with Gasteiger partial charge in [0.05, 0.1) is 33.5 Å². The molecule has 37 heavy (non-hydrogen) atoms. The fourth-order valence-corrected chi connectivity index (χ4v) is 4.45. The van der Waals surface area contributed by atoms with Gasteiger partial charge in [-0.3, -0.25) is 9.59 Å². The molecule has 1 atom stereocenters. The van der Waals surface area contributed by atoms with E-state index in [0.717, 1.165) is 0 Å². The van der Waals surface area contributed by atoms with Crippen LogP contribution in [0.15, 0.2) is 47.6 Å². The molecule has 3 aromatic rings. The Morgan fingerprint density at radius 3 is 2.46 bits per heavy atom. The number of anilines is 1. The molecule has 0 radical (unpaired) electrons. The fourth-order valence-electron chi connectivity index (χ4n) is 3.34. The number of ether oxygens (including phenoxy) is 1. The van der Waals surface area contributed by atoms with Crippen LogP contribution < -0.4 is 10.6 Å². The second-order valence-corrected chi connectivity index (χ2v) is 10.0. The van der Waals surface area contributed by atoms with E-state index in [4.69, 9.17) is 27.9 Å². The molecule has 0 aliphatic carbocycles. The Morgan fingerprint density at radius 2 is 1.78 bits per heavy atom. The number of rotatable bonds is 10. The first-order valence-electron chi connectivity index (χ1n) is 11.5. The van der Waals surface area contributed by atoms with E-state index in [0.29, 0.717) is 39.4 Å². The predicted octanol–water partition coefficient (Wildman–Crippen LogP) is 5.39. The Bertz CT molecular complexity index is 1300. The second-order valence-electron chi connectivity index (χ2n) is 8.28. The number of nitrogens with zero attached hydrogens (tertiary/aromatic N) is 3. The number of esters is 1. The number of benzene rings is 2. The van der Waals surface area contributed by atoms with Crippen molar-refractivity contribution in [2.24, 2.45) is 0 Å². The van der Waals surface area contributed by atoms with Crippen LogP contribution in [-0.2, 0) is 16.1 Å². The van der Waals surface area contributed by atoms with E-state index >= 15 is 0 Å². The highest BCUT2D eigenvalue weighted by Crippen LogP contribution is 2.24. The minimum Gasteiger partial charge on any atom is -0.459 e. The van der Waals surface area contributed by atoms with Crippen molar-refractivity contribution >= 4 is 58.4 Å². The van der Waals surface area contributed by atoms with Gasteiger partial charge >= 0.3 is 5.97 Å². The second kappa shape index (κ2) is 12.9. The summed E-state index contributed by atoms with van der Waals surface area (Å²) in [5, 5.41) is 15.3. The van der Waals surface area contributed by atoms with Gasteiger partial charge in [0.1, 0.15) is 0 Å². The van der Waals surface area contributed by atoms with Crippen LogP contribution in [0, 0.1) is 0 Å². The molecule has 3 rings (SSSR count). The van der Waals surface area contributed by atoms with Crippen LogP contribution in [0.4, 0.5) is 5.69 Å². The molecule has 9 nitrogen and oxygen atoms in total. The summed E-state index contributed by atoms with van der Waals surface area (Å²) in [6, 6.07) is 10.8. The molecule has 0 saturated heterocycles. The number of carbonyl (C=O) groups excluding carboxylic acids is 3. The monoisotopic (exact) mass is 563 g/mol. The molecule has 0 saturated carbocycles. The molecule has 1 aromatic heterocycles. The molecule has 2 amide bonds. The molecular formula is C25H27Cl2N5O4S. The van der Waals surface area contributed by atoms with E-state index in [1.807, 2.05) is 11.5 Å². The van der Waals surface area contributed by atoms with Crippen LogP contribution in [0.2, 0.25) is 10.0 Å². The quantitative estimate of drug-likeness (QED) is 0.251. The lowest BCUT2D eigenvalue weighted by molar-refractivity contribution is -0.113. The third-order valence-corrected chi connectivity index (χ3v) is 6.74. The zero-order valence-corrected chi connectivity index (χ0v) is 23.1. The zero-order chi connectivity index (χ0) is 27.1. The van der Waals surface area contributed by atoms with Crippen molar-refractivity contribution in [3.63, 3.8) is 0 Å². The molecule has 2 aromatic carbocycles. The summed E-state index contributed by atoms with van der Waals surface area (Å²) in [5.41, 5.74) is 1.21. The first-order chi connectivity index (χ1) is 17.6. The number of aromatic nitrogens is 3. The molecule has 0 aliphatic heterocycles. The smallest absolute Gasteiger partial charge is 0.338 e. The van der Waals surface area contributed by atoms with Gasteiger partial charge in [0.2, 0.25) is 5.91 Å². The van der Waals surface area contributed by atoms with Crippen molar-refractivity contribution in [3.05, 3.63) is 69.5 Å². The van der Waals surface area contributed by atoms with Crippen molar-refractivity contribution < 1.29 is 19.1 Å².